The standard InChI is InChI=1S/C51H68N6O8/c1-48-22-7-24-50(3,41(48)20-14-33-12-18-36(58)29-38(33)48)44(60)57-45(61)51(4)25-8-23-49(2)39-30-37(19-13-34(39)15-21-42(49)51)64-28-27-55-47(63)65-31-32-10-16-35(17-11-32)56-43(59)40(53-5)9-6-26-54-46(52)62/h10-13,16-19,29-30,40-42,53,58H,6-9,14-15,20-28,31H2,1-5H3,(H,55,63)(H,56,59)(H3,52,54,62)(H,57,60,61)/t40-,41+,42+,48+,49+,50-,51-/m0/s1. The second kappa shape index (κ2) is 19.5. The summed E-state index contributed by atoms with van der Waals surface area (Å²) in [6.07, 6.45) is 8.97. The van der Waals surface area contributed by atoms with Crippen LogP contribution in [0.5, 0.6) is 11.5 Å². The number of aryl methyl sites for hydroxylation is 2. The van der Waals surface area contributed by atoms with Crippen LogP contribution in [0, 0.1) is 22.7 Å². The van der Waals surface area contributed by atoms with Gasteiger partial charge in [-0.1, -0.05) is 64.8 Å². The molecule has 65 heavy (non-hydrogen) atoms. The molecule has 350 valence electrons. The van der Waals surface area contributed by atoms with E-state index in [9.17, 15) is 29.1 Å². The maximum atomic E-state index is 14.6. The molecule has 3 aromatic carbocycles. The molecule has 4 aliphatic rings. The van der Waals surface area contributed by atoms with Crippen molar-refractivity contribution in [2.24, 2.45) is 28.4 Å². The highest BCUT2D eigenvalue weighted by molar-refractivity contribution is 6.01. The maximum absolute atomic E-state index is 14.6. The van der Waals surface area contributed by atoms with E-state index in [0.717, 1.165) is 68.9 Å². The van der Waals surface area contributed by atoms with Gasteiger partial charge in [-0.15, -0.1) is 0 Å². The molecule has 0 bridgehead atoms. The Morgan fingerprint density at radius 3 is 1.97 bits per heavy atom. The highest BCUT2D eigenvalue weighted by Gasteiger charge is 2.58. The van der Waals surface area contributed by atoms with E-state index in [1.54, 1.807) is 37.4 Å². The normalized spacial score (nSPS) is 27.0. The van der Waals surface area contributed by atoms with Crippen molar-refractivity contribution >= 4 is 35.5 Å². The third-order valence-corrected chi connectivity index (χ3v) is 15.8. The first-order valence-corrected chi connectivity index (χ1v) is 23.5. The largest absolute Gasteiger partial charge is 0.508 e. The molecule has 4 aliphatic carbocycles. The second-order valence-corrected chi connectivity index (χ2v) is 19.8. The Morgan fingerprint density at radius 1 is 0.769 bits per heavy atom. The Labute approximate surface area is 382 Å². The number of ether oxygens (including phenoxy) is 2. The van der Waals surface area contributed by atoms with Crippen LogP contribution in [0.4, 0.5) is 15.3 Å². The van der Waals surface area contributed by atoms with Gasteiger partial charge in [0.05, 0.1) is 23.4 Å². The number of primary amides is 1. The lowest BCUT2D eigenvalue weighted by molar-refractivity contribution is -0.150. The van der Waals surface area contributed by atoms with Crippen LogP contribution in [0.1, 0.15) is 120 Å². The number of urea groups is 1. The van der Waals surface area contributed by atoms with Gasteiger partial charge in [-0.2, -0.15) is 0 Å². The van der Waals surface area contributed by atoms with Gasteiger partial charge in [-0.3, -0.25) is 19.7 Å². The molecule has 0 aliphatic heterocycles. The SMILES string of the molecule is CN[C@@H](CCCNC(N)=O)C(=O)Nc1ccc(COC(=O)NCCOc2ccc3c(c2)[C@@]2(C)CCC[C@](C)(C(=O)NC(=O)[C@@]4(C)CCC[C@]5(C)c6cc(O)ccc6CC[C@@H]45)[C@@H]2CC3)cc1. The molecule has 0 radical (unpaired) electrons. The fourth-order valence-electron chi connectivity index (χ4n) is 12.3. The van der Waals surface area contributed by atoms with Crippen LogP contribution in [0.2, 0.25) is 0 Å². The van der Waals surface area contributed by atoms with Crippen molar-refractivity contribution in [1.29, 1.82) is 0 Å². The van der Waals surface area contributed by atoms with Gasteiger partial charge in [0, 0.05) is 12.2 Å². The zero-order valence-corrected chi connectivity index (χ0v) is 38.7. The van der Waals surface area contributed by atoms with Crippen molar-refractivity contribution in [1.82, 2.24) is 21.3 Å². The van der Waals surface area contributed by atoms with Crippen LogP contribution in [-0.4, -0.2) is 67.7 Å². The van der Waals surface area contributed by atoms with Crippen molar-refractivity contribution in [3.05, 3.63) is 88.5 Å². The maximum Gasteiger partial charge on any atom is 0.407 e. The number of amides is 6. The molecular weight excluding hydrogens is 825 g/mol. The van der Waals surface area contributed by atoms with Gasteiger partial charge >= 0.3 is 12.1 Å². The Bertz CT molecular complexity index is 2270. The van der Waals surface area contributed by atoms with Crippen LogP contribution in [0.3, 0.4) is 0 Å². The summed E-state index contributed by atoms with van der Waals surface area (Å²) in [5, 5.41) is 24.6. The number of rotatable bonds is 15. The van der Waals surface area contributed by atoms with Crippen molar-refractivity contribution in [3.63, 3.8) is 0 Å². The Morgan fingerprint density at radius 2 is 1.37 bits per heavy atom. The molecule has 7 atom stereocenters. The summed E-state index contributed by atoms with van der Waals surface area (Å²) in [5.41, 5.74) is 9.27. The van der Waals surface area contributed by atoms with E-state index in [1.165, 1.54) is 16.7 Å². The van der Waals surface area contributed by atoms with Crippen molar-refractivity contribution in [2.45, 2.75) is 128 Å². The van der Waals surface area contributed by atoms with Gasteiger partial charge in [-0.25, -0.2) is 9.59 Å². The third-order valence-electron chi connectivity index (χ3n) is 15.8. The Hall–Kier alpha value is -5.63. The number of anilines is 1. The summed E-state index contributed by atoms with van der Waals surface area (Å²) in [7, 11) is 1.70. The predicted octanol–water partition coefficient (Wildman–Crippen LogP) is 7.04. The molecule has 6 amide bonds. The van der Waals surface area contributed by atoms with Gasteiger partial charge < -0.3 is 41.6 Å². The van der Waals surface area contributed by atoms with Crippen molar-refractivity contribution in [2.75, 3.05) is 32.1 Å². The highest BCUT2D eigenvalue weighted by atomic mass is 16.5. The number of carbonyl (C=O) groups excluding carboxylic acids is 5. The summed E-state index contributed by atoms with van der Waals surface area (Å²) in [6.45, 7) is 9.52. The zero-order valence-electron chi connectivity index (χ0n) is 38.7. The van der Waals surface area contributed by atoms with Crippen molar-refractivity contribution in [3.8, 4) is 11.5 Å². The first-order chi connectivity index (χ1) is 31.0. The fourth-order valence-corrected chi connectivity index (χ4v) is 12.3. The van der Waals surface area contributed by atoms with Crippen LogP contribution >= 0.6 is 0 Å². The number of hydrogen-bond donors (Lipinski definition) is 7. The third kappa shape index (κ3) is 9.83. The number of fused-ring (bicyclic) bond motifs is 6. The smallest absolute Gasteiger partial charge is 0.407 e. The number of benzene rings is 3. The molecule has 0 unspecified atom stereocenters. The van der Waals surface area contributed by atoms with Crippen LogP contribution in [0.25, 0.3) is 0 Å². The lowest BCUT2D eigenvalue weighted by atomic mass is 9.49. The van der Waals surface area contributed by atoms with Crippen LogP contribution < -0.4 is 37.1 Å². The number of phenolic OH excluding ortho intramolecular Hbond substituents is 1. The Balaban J connectivity index is 0.900. The average Bonchev–Trinajstić information content (AvgIpc) is 3.27. The molecule has 0 saturated heterocycles. The van der Waals surface area contributed by atoms with Gasteiger partial charge in [0.1, 0.15) is 24.7 Å². The fraction of sp³-hybridized carbons (Fsp3) is 0.549. The first kappa shape index (κ1) is 47.3. The molecule has 0 heterocycles. The summed E-state index contributed by atoms with van der Waals surface area (Å²) in [5.74, 6) is 0.487. The van der Waals surface area contributed by atoms with Crippen molar-refractivity contribution < 1.29 is 38.6 Å². The molecule has 0 spiro atoms. The second-order valence-electron chi connectivity index (χ2n) is 19.8. The number of imide groups is 1. The molecular formula is C51H68N6O8. The molecule has 0 aromatic heterocycles. The summed E-state index contributed by atoms with van der Waals surface area (Å²) < 4.78 is 11.6. The number of hydrogen-bond acceptors (Lipinski definition) is 9. The summed E-state index contributed by atoms with van der Waals surface area (Å²) >= 11 is 0. The number of alkyl carbamates (subject to hydrolysis) is 1. The quantitative estimate of drug-likeness (QED) is 0.0616. The molecule has 14 nitrogen and oxygen atoms in total. The molecule has 8 N–H and O–H groups in total. The summed E-state index contributed by atoms with van der Waals surface area (Å²) in [6, 6.07) is 17.8. The van der Waals surface area contributed by atoms with E-state index in [1.807, 2.05) is 18.2 Å². The average molecular weight is 893 g/mol. The molecule has 2 saturated carbocycles. The molecule has 3 aromatic rings. The zero-order chi connectivity index (χ0) is 46.6. The monoisotopic (exact) mass is 893 g/mol. The predicted molar refractivity (Wildman–Crippen MR) is 248 cm³/mol. The number of nitrogens with one attached hydrogen (secondary N) is 5. The van der Waals surface area contributed by atoms with E-state index in [-0.39, 0.29) is 65.9 Å². The number of nitrogens with two attached hydrogens (primary N) is 1. The minimum absolute atomic E-state index is 0.0277. The highest BCUT2D eigenvalue weighted by Crippen LogP contribution is 2.60. The lowest BCUT2D eigenvalue weighted by Crippen LogP contribution is -2.60. The lowest BCUT2D eigenvalue weighted by Gasteiger charge is -2.56. The van der Waals surface area contributed by atoms with Gasteiger partial charge in [-0.05, 0) is 158 Å². The van der Waals surface area contributed by atoms with Gasteiger partial charge in [0.25, 0.3) is 0 Å². The van der Waals surface area contributed by atoms with E-state index in [2.05, 4.69) is 66.4 Å². The number of phenols is 1. The number of aromatic hydroxyl groups is 1. The summed E-state index contributed by atoms with van der Waals surface area (Å²) in [4.78, 5) is 65.2. The van der Waals surface area contributed by atoms with Gasteiger partial charge in [0.2, 0.25) is 17.7 Å². The van der Waals surface area contributed by atoms with Crippen LogP contribution in [-0.2, 0) is 49.4 Å². The van der Waals surface area contributed by atoms with Crippen LogP contribution in [0.15, 0.2) is 60.7 Å². The van der Waals surface area contributed by atoms with E-state index >= 15 is 0 Å². The van der Waals surface area contributed by atoms with E-state index in [0.29, 0.717) is 37.2 Å². The Kier molecular flexibility index (Phi) is 14.2. The molecule has 2 fully saturated rings. The minimum atomic E-state index is -0.734. The molecule has 7 rings (SSSR count). The number of likely N-dealkylation sites (N-methyl/N-ethyl adjacent to an activating group) is 1. The van der Waals surface area contributed by atoms with E-state index < -0.39 is 29.0 Å². The number of carbonyl (C=O) groups is 5. The minimum Gasteiger partial charge on any atom is -0.508 e. The van der Waals surface area contributed by atoms with E-state index in [4.69, 9.17) is 15.2 Å². The first-order valence-electron chi connectivity index (χ1n) is 23.5. The van der Waals surface area contributed by atoms with Gasteiger partial charge in [0.15, 0.2) is 0 Å². The topological polar surface area (TPSA) is 210 Å². The molecule has 14 heteroatoms.